The third-order valence-electron chi connectivity index (χ3n) is 2.54. The highest BCUT2D eigenvalue weighted by Gasteiger charge is 2.09. The van der Waals surface area contributed by atoms with Gasteiger partial charge in [-0.25, -0.2) is 4.98 Å². The molecule has 1 aromatic heterocycles. The average molecular weight is 391 g/mol. The highest BCUT2D eigenvalue weighted by Crippen LogP contribution is 2.28. The summed E-state index contributed by atoms with van der Waals surface area (Å²) in [6.07, 6.45) is 1.79. The van der Waals surface area contributed by atoms with Crippen LogP contribution >= 0.6 is 43.5 Å². The summed E-state index contributed by atoms with van der Waals surface area (Å²) in [7, 11) is 0. The van der Waals surface area contributed by atoms with Crippen molar-refractivity contribution in [2.75, 3.05) is 5.32 Å². The molecule has 0 fully saturated rings. The van der Waals surface area contributed by atoms with Gasteiger partial charge in [-0.05, 0) is 52.7 Å². The molecule has 2 rings (SSSR count). The Balaban J connectivity index is 2.16. The molecule has 0 aliphatic rings. The fourth-order valence-electron chi connectivity index (χ4n) is 1.64. The van der Waals surface area contributed by atoms with E-state index in [2.05, 4.69) is 49.1 Å². The number of hydrogen-bond acceptors (Lipinski definition) is 2. The van der Waals surface area contributed by atoms with E-state index < -0.39 is 0 Å². The van der Waals surface area contributed by atoms with Gasteiger partial charge in [0.15, 0.2) is 0 Å². The predicted molar refractivity (Wildman–Crippen MR) is 83.1 cm³/mol. The van der Waals surface area contributed by atoms with E-state index in [1.54, 1.807) is 6.20 Å². The van der Waals surface area contributed by atoms with Crippen molar-refractivity contribution in [3.63, 3.8) is 0 Å². The molecule has 2 nitrogen and oxygen atoms in total. The number of halogens is 3. The number of rotatable bonds is 3. The second kappa shape index (κ2) is 6.04. The van der Waals surface area contributed by atoms with E-state index in [4.69, 9.17) is 11.6 Å². The Morgan fingerprint density at radius 1 is 1.22 bits per heavy atom. The number of nitrogens with one attached hydrogen (secondary N) is 1. The van der Waals surface area contributed by atoms with Crippen molar-refractivity contribution < 1.29 is 0 Å². The zero-order valence-electron chi connectivity index (χ0n) is 9.62. The lowest BCUT2D eigenvalue weighted by Gasteiger charge is -2.17. The van der Waals surface area contributed by atoms with E-state index in [-0.39, 0.29) is 6.04 Å². The SMILES string of the molecule is CC(Nc1ccc(Br)nc1)c1ccc(Br)cc1Cl. The molecule has 1 aromatic carbocycles. The van der Waals surface area contributed by atoms with Gasteiger partial charge in [0.1, 0.15) is 4.60 Å². The van der Waals surface area contributed by atoms with Crippen LogP contribution in [-0.4, -0.2) is 4.98 Å². The molecular formula is C13H11Br2ClN2. The first-order valence-corrected chi connectivity index (χ1v) is 7.35. The minimum Gasteiger partial charge on any atom is -0.377 e. The van der Waals surface area contributed by atoms with Crippen molar-refractivity contribution in [3.8, 4) is 0 Å². The van der Waals surface area contributed by atoms with Gasteiger partial charge in [0.2, 0.25) is 0 Å². The molecule has 0 aliphatic carbocycles. The molecule has 1 atom stereocenters. The summed E-state index contributed by atoms with van der Waals surface area (Å²) in [5, 5.41) is 4.11. The lowest BCUT2D eigenvalue weighted by Crippen LogP contribution is -2.07. The maximum Gasteiger partial charge on any atom is 0.106 e. The van der Waals surface area contributed by atoms with Crippen LogP contribution in [0, 0.1) is 0 Å². The van der Waals surface area contributed by atoms with Crippen LogP contribution in [0.1, 0.15) is 18.5 Å². The lowest BCUT2D eigenvalue weighted by atomic mass is 10.1. The van der Waals surface area contributed by atoms with Crippen LogP contribution in [0.3, 0.4) is 0 Å². The summed E-state index contributed by atoms with van der Waals surface area (Å²) in [5.74, 6) is 0. The maximum absolute atomic E-state index is 6.22. The topological polar surface area (TPSA) is 24.9 Å². The summed E-state index contributed by atoms with van der Waals surface area (Å²) in [5.41, 5.74) is 2.02. The van der Waals surface area contributed by atoms with Crippen LogP contribution < -0.4 is 5.32 Å². The van der Waals surface area contributed by atoms with Gasteiger partial charge in [0.05, 0.1) is 17.9 Å². The van der Waals surface area contributed by atoms with Gasteiger partial charge in [-0.3, -0.25) is 0 Å². The van der Waals surface area contributed by atoms with Gasteiger partial charge in [0, 0.05) is 9.50 Å². The number of hydrogen-bond donors (Lipinski definition) is 1. The van der Waals surface area contributed by atoms with Crippen LogP contribution in [0.4, 0.5) is 5.69 Å². The van der Waals surface area contributed by atoms with E-state index in [1.165, 1.54) is 0 Å². The third kappa shape index (κ3) is 3.46. The molecule has 0 bridgehead atoms. The lowest BCUT2D eigenvalue weighted by molar-refractivity contribution is 0.882. The third-order valence-corrected chi connectivity index (χ3v) is 3.83. The molecular weight excluding hydrogens is 379 g/mol. The molecule has 0 aliphatic heterocycles. The molecule has 1 unspecified atom stereocenters. The van der Waals surface area contributed by atoms with Crippen molar-refractivity contribution in [1.82, 2.24) is 4.98 Å². The van der Waals surface area contributed by atoms with Crippen molar-refractivity contribution in [2.45, 2.75) is 13.0 Å². The highest BCUT2D eigenvalue weighted by atomic mass is 79.9. The van der Waals surface area contributed by atoms with E-state index in [9.17, 15) is 0 Å². The van der Waals surface area contributed by atoms with Crippen molar-refractivity contribution in [1.29, 1.82) is 0 Å². The first-order chi connectivity index (χ1) is 8.56. The quantitative estimate of drug-likeness (QED) is 0.707. The van der Waals surface area contributed by atoms with E-state index in [0.717, 1.165) is 25.3 Å². The monoisotopic (exact) mass is 388 g/mol. The molecule has 18 heavy (non-hydrogen) atoms. The smallest absolute Gasteiger partial charge is 0.106 e. The second-order valence-electron chi connectivity index (χ2n) is 3.90. The minimum absolute atomic E-state index is 0.119. The molecule has 0 spiro atoms. The Labute approximate surface area is 128 Å². The van der Waals surface area contributed by atoms with Crippen LogP contribution in [0.15, 0.2) is 45.6 Å². The molecule has 94 valence electrons. The van der Waals surface area contributed by atoms with Crippen LogP contribution in [0.25, 0.3) is 0 Å². The van der Waals surface area contributed by atoms with E-state index >= 15 is 0 Å². The fraction of sp³-hybridized carbons (Fsp3) is 0.154. The number of benzene rings is 1. The molecule has 0 saturated heterocycles. The minimum atomic E-state index is 0.119. The maximum atomic E-state index is 6.22. The van der Waals surface area contributed by atoms with Gasteiger partial charge >= 0.3 is 0 Å². The fourth-order valence-corrected chi connectivity index (χ4v) is 2.71. The Bertz CT molecular complexity index is 543. The number of nitrogens with zero attached hydrogens (tertiary/aromatic N) is 1. The molecule has 0 saturated carbocycles. The average Bonchev–Trinajstić information content (AvgIpc) is 2.32. The Morgan fingerprint density at radius 3 is 2.61 bits per heavy atom. The van der Waals surface area contributed by atoms with Gasteiger partial charge in [0.25, 0.3) is 0 Å². The summed E-state index contributed by atoms with van der Waals surface area (Å²) in [6, 6.07) is 9.89. The summed E-state index contributed by atoms with van der Waals surface area (Å²) < 4.78 is 1.80. The van der Waals surface area contributed by atoms with Crippen LogP contribution in [0.5, 0.6) is 0 Å². The molecule has 0 amide bonds. The van der Waals surface area contributed by atoms with Gasteiger partial charge in [-0.15, -0.1) is 0 Å². The molecule has 1 N–H and O–H groups in total. The number of anilines is 1. The summed E-state index contributed by atoms with van der Waals surface area (Å²) in [6.45, 7) is 2.07. The van der Waals surface area contributed by atoms with Crippen molar-refractivity contribution >= 4 is 49.1 Å². The first-order valence-electron chi connectivity index (χ1n) is 5.39. The zero-order valence-corrected chi connectivity index (χ0v) is 13.6. The van der Waals surface area contributed by atoms with E-state index in [0.29, 0.717) is 0 Å². The Kier molecular flexibility index (Phi) is 4.65. The zero-order chi connectivity index (χ0) is 13.1. The van der Waals surface area contributed by atoms with E-state index in [1.807, 2.05) is 30.3 Å². The van der Waals surface area contributed by atoms with Crippen LogP contribution in [0.2, 0.25) is 5.02 Å². The standard InChI is InChI=1S/C13H11Br2ClN2/c1-8(11-4-2-9(14)6-12(11)16)18-10-3-5-13(15)17-7-10/h2-8,18H,1H3. The predicted octanol–water partition coefficient (Wildman–Crippen LogP) is 5.43. The highest BCUT2D eigenvalue weighted by molar-refractivity contribution is 9.10. The molecule has 1 heterocycles. The number of pyridine rings is 1. The molecule has 2 aromatic rings. The summed E-state index contributed by atoms with van der Waals surface area (Å²) in [4.78, 5) is 4.18. The normalized spacial score (nSPS) is 12.2. The summed E-state index contributed by atoms with van der Waals surface area (Å²) >= 11 is 12.9. The Morgan fingerprint density at radius 2 is 2.00 bits per heavy atom. The first kappa shape index (κ1) is 13.8. The molecule has 5 heteroatoms. The Hall–Kier alpha value is -0.580. The largest absolute Gasteiger partial charge is 0.377 e. The number of aromatic nitrogens is 1. The van der Waals surface area contributed by atoms with Crippen LogP contribution in [-0.2, 0) is 0 Å². The van der Waals surface area contributed by atoms with Crippen molar-refractivity contribution in [3.05, 3.63) is 56.2 Å². The van der Waals surface area contributed by atoms with Gasteiger partial charge in [-0.1, -0.05) is 33.6 Å². The van der Waals surface area contributed by atoms with Gasteiger partial charge < -0.3 is 5.32 Å². The second-order valence-corrected chi connectivity index (χ2v) is 6.04. The van der Waals surface area contributed by atoms with Gasteiger partial charge in [-0.2, -0.15) is 0 Å². The molecule has 0 radical (unpaired) electrons. The van der Waals surface area contributed by atoms with Crippen molar-refractivity contribution in [2.24, 2.45) is 0 Å².